The largest absolute Gasteiger partial charge is 0.314 e. The normalized spacial score (nSPS) is 31.8. The van der Waals surface area contributed by atoms with E-state index in [1.165, 1.54) is 51.5 Å². The molecular formula is C19H37N. The summed E-state index contributed by atoms with van der Waals surface area (Å²) < 4.78 is 0. The Morgan fingerprint density at radius 2 is 1.70 bits per heavy atom. The standard InChI is InChI=1S/C19H37N/c1-14(2)15-6-7-17(13-20-18-8-9-18)16(12-15)10-11-19(3,4)5/h14-18,20H,6-13H2,1-5H3. The van der Waals surface area contributed by atoms with Crippen molar-refractivity contribution in [3.8, 4) is 0 Å². The Bertz CT molecular complexity index is 285. The summed E-state index contributed by atoms with van der Waals surface area (Å²) in [5, 5.41) is 3.80. The third-order valence-corrected chi connectivity index (χ3v) is 5.63. The van der Waals surface area contributed by atoms with Gasteiger partial charge in [0.05, 0.1) is 0 Å². The van der Waals surface area contributed by atoms with E-state index in [0.29, 0.717) is 5.41 Å². The van der Waals surface area contributed by atoms with Crippen LogP contribution in [0.2, 0.25) is 0 Å². The van der Waals surface area contributed by atoms with Crippen LogP contribution in [0.1, 0.15) is 79.6 Å². The molecule has 0 saturated heterocycles. The molecule has 2 aliphatic carbocycles. The summed E-state index contributed by atoms with van der Waals surface area (Å²) in [5.74, 6) is 3.79. The van der Waals surface area contributed by atoms with Crippen LogP contribution in [-0.4, -0.2) is 12.6 Å². The fourth-order valence-electron chi connectivity index (χ4n) is 3.81. The molecule has 3 unspecified atom stereocenters. The van der Waals surface area contributed by atoms with Crippen LogP contribution in [0, 0.1) is 29.1 Å². The molecule has 118 valence electrons. The molecule has 0 spiro atoms. The summed E-state index contributed by atoms with van der Waals surface area (Å²) in [6.07, 6.45) is 10.1. The average Bonchev–Trinajstić information content (AvgIpc) is 3.17. The smallest absolute Gasteiger partial charge is 0.00683 e. The molecule has 0 heterocycles. The van der Waals surface area contributed by atoms with Gasteiger partial charge in [-0.15, -0.1) is 0 Å². The zero-order chi connectivity index (χ0) is 14.8. The van der Waals surface area contributed by atoms with Gasteiger partial charge in [0, 0.05) is 6.04 Å². The minimum Gasteiger partial charge on any atom is -0.314 e. The van der Waals surface area contributed by atoms with E-state index in [-0.39, 0.29) is 0 Å². The molecule has 1 N–H and O–H groups in total. The van der Waals surface area contributed by atoms with E-state index in [1.807, 2.05) is 0 Å². The molecule has 2 rings (SSSR count). The first-order valence-electron chi connectivity index (χ1n) is 9.08. The van der Waals surface area contributed by atoms with E-state index < -0.39 is 0 Å². The van der Waals surface area contributed by atoms with Crippen molar-refractivity contribution in [2.75, 3.05) is 6.54 Å². The highest BCUT2D eigenvalue weighted by molar-refractivity contribution is 4.87. The maximum absolute atomic E-state index is 3.80. The fourth-order valence-corrected chi connectivity index (χ4v) is 3.81. The van der Waals surface area contributed by atoms with E-state index in [1.54, 1.807) is 0 Å². The van der Waals surface area contributed by atoms with Crippen molar-refractivity contribution in [2.45, 2.75) is 85.6 Å². The second-order valence-corrected chi connectivity index (χ2v) is 9.12. The molecule has 1 heteroatoms. The summed E-state index contributed by atoms with van der Waals surface area (Å²) in [4.78, 5) is 0. The highest BCUT2D eigenvalue weighted by Crippen LogP contribution is 2.41. The van der Waals surface area contributed by atoms with Crippen molar-refractivity contribution < 1.29 is 0 Å². The van der Waals surface area contributed by atoms with Crippen LogP contribution < -0.4 is 5.32 Å². The quantitative estimate of drug-likeness (QED) is 0.700. The van der Waals surface area contributed by atoms with Gasteiger partial charge in [-0.3, -0.25) is 0 Å². The summed E-state index contributed by atoms with van der Waals surface area (Å²) in [6.45, 7) is 13.3. The van der Waals surface area contributed by atoms with Gasteiger partial charge in [0.25, 0.3) is 0 Å². The molecule has 0 aliphatic heterocycles. The molecule has 0 aromatic heterocycles. The van der Waals surface area contributed by atoms with Crippen molar-refractivity contribution in [3.63, 3.8) is 0 Å². The van der Waals surface area contributed by atoms with E-state index in [0.717, 1.165) is 29.7 Å². The third kappa shape index (κ3) is 5.39. The van der Waals surface area contributed by atoms with Crippen LogP contribution in [0.15, 0.2) is 0 Å². The molecule has 0 amide bonds. The van der Waals surface area contributed by atoms with Crippen LogP contribution in [0.5, 0.6) is 0 Å². The lowest BCUT2D eigenvalue weighted by molar-refractivity contribution is 0.125. The van der Waals surface area contributed by atoms with Gasteiger partial charge < -0.3 is 5.32 Å². The predicted molar refractivity (Wildman–Crippen MR) is 88.9 cm³/mol. The molecule has 2 fully saturated rings. The molecule has 2 aliphatic rings. The van der Waals surface area contributed by atoms with Crippen LogP contribution >= 0.6 is 0 Å². The molecule has 0 aromatic rings. The molecule has 3 atom stereocenters. The SMILES string of the molecule is CC(C)C1CCC(CNC2CC2)C(CCC(C)(C)C)C1. The molecule has 2 saturated carbocycles. The zero-order valence-corrected chi connectivity index (χ0v) is 14.5. The Morgan fingerprint density at radius 3 is 2.25 bits per heavy atom. The highest BCUT2D eigenvalue weighted by Gasteiger charge is 2.33. The van der Waals surface area contributed by atoms with Crippen molar-refractivity contribution in [1.82, 2.24) is 5.32 Å². The number of hydrogen-bond acceptors (Lipinski definition) is 1. The first-order chi connectivity index (χ1) is 9.35. The van der Waals surface area contributed by atoms with E-state index in [4.69, 9.17) is 0 Å². The first kappa shape index (κ1) is 16.3. The van der Waals surface area contributed by atoms with E-state index >= 15 is 0 Å². The molecule has 0 radical (unpaired) electrons. The Morgan fingerprint density at radius 1 is 1.00 bits per heavy atom. The first-order valence-corrected chi connectivity index (χ1v) is 9.08. The van der Waals surface area contributed by atoms with E-state index in [2.05, 4.69) is 39.9 Å². The van der Waals surface area contributed by atoms with Gasteiger partial charge in [-0.1, -0.05) is 34.6 Å². The third-order valence-electron chi connectivity index (χ3n) is 5.63. The Labute approximate surface area is 127 Å². The summed E-state index contributed by atoms with van der Waals surface area (Å²) in [6, 6.07) is 0.876. The number of hydrogen-bond donors (Lipinski definition) is 1. The minimum atomic E-state index is 0.499. The van der Waals surface area contributed by atoms with Gasteiger partial charge in [-0.2, -0.15) is 0 Å². The zero-order valence-electron chi connectivity index (χ0n) is 14.5. The van der Waals surface area contributed by atoms with Gasteiger partial charge in [0.1, 0.15) is 0 Å². The lowest BCUT2D eigenvalue weighted by Gasteiger charge is -2.39. The van der Waals surface area contributed by atoms with Gasteiger partial charge >= 0.3 is 0 Å². The van der Waals surface area contributed by atoms with Crippen molar-refractivity contribution in [3.05, 3.63) is 0 Å². The van der Waals surface area contributed by atoms with Crippen LogP contribution in [-0.2, 0) is 0 Å². The maximum Gasteiger partial charge on any atom is 0.00683 e. The monoisotopic (exact) mass is 279 g/mol. The van der Waals surface area contributed by atoms with Crippen molar-refractivity contribution in [1.29, 1.82) is 0 Å². The summed E-state index contributed by atoms with van der Waals surface area (Å²) in [7, 11) is 0. The van der Waals surface area contributed by atoms with Crippen molar-refractivity contribution in [2.24, 2.45) is 29.1 Å². The molecular weight excluding hydrogens is 242 g/mol. The minimum absolute atomic E-state index is 0.499. The number of rotatable bonds is 6. The van der Waals surface area contributed by atoms with Gasteiger partial charge in [0.2, 0.25) is 0 Å². The van der Waals surface area contributed by atoms with Crippen LogP contribution in [0.25, 0.3) is 0 Å². The predicted octanol–water partition coefficient (Wildman–Crippen LogP) is 5.25. The topological polar surface area (TPSA) is 12.0 Å². The highest BCUT2D eigenvalue weighted by atomic mass is 14.9. The second-order valence-electron chi connectivity index (χ2n) is 9.12. The summed E-state index contributed by atoms with van der Waals surface area (Å²) in [5.41, 5.74) is 0.499. The molecule has 0 aromatic carbocycles. The Hall–Kier alpha value is -0.0400. The average molecular weight is 280 g/mol. The fraction of sp³-hybridized carbons (Fsp3) is 1.00. The number of nitrogens with one attached hydrogen (secondary N) is 1. The van der Waals surface area contributed by atoms with Gasteiger partial charge in [-0.25, -0.2) is 0 Å². The molecule has 1 nitrogen and oxygen atoms in total. The lowest BCUT2D eigenvalue weighted by Crippen LogP contribution is -2.35. The van der Waals surface area contributed by atoms with E-state index in [9.17, 15) is 0 Å². The molecule has 20 heavy (non-hydrogen) atoms. The van der Waals surface area contributed by atoms with Crippen LogP contribution in [0.3, 0.4) is 0 Å². The van der Waals surface area contributed by atoms with Gasteiger partial charge in [-0.05, 0) is 80.6 Å². The Kier molecular flexibility index (Phi) is 5.56. The lowest BCUT2D eigenvalue weighted by atomic mass is 9.68. The van der Waals surface area contributed by atoms with Gasteiger partial charge in [0.15, 0.2) is 0 Å². The Balaban J connectivity index is 1.86. The second kappa shape index (κ2) is 6.81. The summed E-state index contributed by atoms with van der Waals surface area (Å²) >= 11 is 0. The van der Waals surface area contributed by atoms with Crippen molar-refractivity contribution >= 4 is 0 Å². The molecule has 0 bridgehead atoms. The van der Waals surface area contributed by atoms with Crippen LogP contribution in [0.4, 0.5) is 0 Å². The maximum atomic E-state index is 3.80.